The Morgan fingerprint density at radius 1 is 1.14 bits per heavy atom. The fourth-order valence-electron chi connectivity index (χ4n) is 3.69. The van der Waals surface area contributed by atoms with E-state index in [1.54, 1.807) is 49.6 Å². The first-order chi connectivity index (χ1) is 13.5. The molecular weight excluding hydrogens is 361 g/mol. The number of likely N-dealkylation sites (N-methyl/N-ethyl adjacent to an activating group) is 1. The smallest absolute Gasteiger partial charge is 0.266 e. The van der Waals surface area contributed by atoms with Crippen LogP contribution in [0, 0.1) is 5.95 Å². The molecule has 0 saturated carbocycles. The van der Waals surface area contributed by atoms with Crippen molar-refractivity contribution in [3.8, 4) is 22.6 Å². The Balaban J connectivity index is 1.81. The summed E-state index contributed by atoms with van der Waals surface area (Å²) in [5.74, 6) is 0.0457. The van der Waals surface area contributed by atoms with Crippen LogP contribution in [0.3, 0.4) is 0 Å². The van der Waals surface area contributed by atoms with Crippen molar-refractivity contribution in [2.75, 3.05) is 7.05 Å². The standard InChI is InChI=1S/C20H14FN5O2/c1-26-18(27)20(25-19(26)22)13-6-8-23-10-16(13)28-15-5-4-11(9-14(15)20)12-3-2-7-24-17(12)21/h2-10H,1H3,(H2,22,25). The van der Waals surface area contributed by atoms with Gasteiger partial charge in [0.05, 0.1) is 6.20 Å². The van der Waals surface area contributed by atoms with Crippen molar-refractivity contribution in [1.82, 2.24) is 14.9 Å². The van der Waals surface area contributed by atoms with Crippen molar-refractivity contribution in [3.05, 3.63) is 72.1 Å². The van der Waals surface area contributed by atoms with Gasteiger partial charge in [-0.25, -0.2) is 9.98 Å². The van der Waals surface area contributed by atoms with Crippen LogP contribution in [0.25, 0.3) is 11.1 Å². The Morgan fingerprint density at radius 2 is 2.00 bits per heavy atom. The van der Waals surface area contributed by atoms with Crippen LogP contribution >= 0.6 is 0 Å². The zero-order chi connectivity index (χ0) is 19.5. The van der Waals surface area contributed by atoms with Crippen molar-refractivity contribution >= 4 is 11.9 Å². The third-order valence-corrected chi connectivity index (χ3v) is 5.07. The molecule has 28 heavy (non-hydrogen) atoms. The number of guanidine groups is 1. The van der Waals surface area contributed by atoms with E-state index in [0.717, 1.165) is 0 Å². The molecule has 2 aromatic heterocycles. The van der Waals surface area contributed by atoms with Gasteiger partial charge in [-0.1, -0.05) is 6.07 Å². The number of nitrogens with zero attached hydrogens (tertiary/aromatic N) is 4. The highest BCUT2D eigenvalue weighted by molar-refractivity contribution is 6.10. The van der Waals surface area contributed by atoms with E-state index in [1.165, 1.54) is 17.3 Å². The lowest BCUT2D eigenvalue weighted by molar-refractivity contribution is -0.129. The number of benzene rings is 1. The van der Waals surface area contributed by atoms with Gasteiger partial charge in [0.25, 0.3) is 5.91 Å². The lowest BCUT2D eigenvalue weighted by atomic mass is 9.79. The van der Waals surface area contributed by atoms with Gasteiger partial charge >= 0.3 is 0 Å². The largest absolute Gasteiger partial charge is 0.455 e. The number of hydrogen-bond acceptors (Lipinski definition) is 6. The summed E-state index contributed by atoms with van der Waals surface area (Å²) in [7, 11) is 1.57. The monoisotopic (exact) mass is 375 g/mol. The van der Waals surface area contributed by atoms with Crippen molar-refractivity contribution in [2.24, 2.45) is 10.7 Å². The second-order valence-corrected chi connectivity index (χ2v) is 6.57. The Bertz CT molecular complexity index is 1180. The molecule has 1 amide bonds. The summed E-state index contributed by atoms with van der Waals surface area (Å²) in [6, 6.07) is 10.1. The van der Waals surface area contributed by atoms with Crippen LogP contribution in [-0.4, -0.2) is 33.8 Å². The fraction of sp³-hybridized carbons (Fsp3) is 0.100. The number of carbonyl (C=O) groups excluding carboxylic acids is 1. The molecule has 2 aliphatic rings. The van der Waals surface area contributed by atoms with Gasteiger partial charge < -0.3 is 10.5 Å². The quantitative estimate of drug-likeness (QED) is 0.659. The number of nitrogens with two attached hydrogens (primary N) is 1. The number of rotatable bonds is 1. The number of amides is 1. The van der Waals surface area contributed by atoms with Gasteiger partial charge in [0.2, 0.25) is 11.5 Å². The average molecular weight is 375 g/mol. The number of hydrogen-bond donors (Lipinski definition) is 1. The number of aromatic nitrogens is 2. The van der Waals surface area contributed by atoms with Gasteiger partial charge in [0.15, 0.2) is 11.7 Å². The number of halogens is 1. The van der Waals surface area contributed by atoms with E-state index in [0.29, 0.717) is 33.8 Å². The normalized spacial score (nSPS) is 19.9. The first-order valence-corrected chi connectivity index (χ1v) is 8.53. The number of carbonyl (C=O) groups is 1. The van der Waals surface area contributed by atoms with Crippen LogP contribution in [0.4, 0.5) is 4.39 Å². The molecule has 0 fully saturated rings. The van der Waals surface area contributed by atoms with E-state index in [4.69, 9.17) is 10.5 Å². The Hall–Kier alpha value is -3.81. The zero-order valence-electron chi connectivity index (χ0n) is 14.8. The van der Waals surface area contributed by atoms with Crippen molar-refractivity contribution in [1.29, 1.82) is 0 Å². The number of pyridine rings is 2. The summed E-state index contributed by atoms with van der Waals surface area (Å²) in [5, 5.41) is 0. The molecule has 2 aliphatic heterocycles. The maximum absolute atomic E-state index is 14.2. The first kappa shape index (κ1) is 16.4. The molecular formula is C20H14FN5O2. The molecule has 3 aromatic rings. The minimum Gasteiger partial charge on any atom is -0.455 e. The highest BCUT2D eigenvalue weighted by Gasteiger charge is 2.54. The topological polar surface area (TPSA) is 93.7 Å². The summed E-state index contributed by atoms with van der Waals surface area (Å²) < 4.78 is 20.2. The second kappa shape index (κ2) is 5.59. The molecule has 2 N–H and O–H groups in total. The third kappa shape index (κ3) is 2.02. The second-order valence-electron chi connectivity index (χ2n) is 6.57. The number of fused-ring (bicyclic) bond motifs is 4. The van der Waals surface area contributed by atoms with Crippen LogP contribution in [0.2, 0.25) is 0 Å². The molecule has 0 radical (unpaired) electrons. The molecule has 1 unspecified atom stereocenters. The van der Waals surface area contributed by atoms with Gasteiger partial charge in [-0.15, -0.1) is 0 Å². The highest BCUT2D eigenvalue weighted by atomic mass is 19.1. The summed E-state index contributed by atoms with van der Waals surface area (Å²) in [4.78, 5) is 26.9. The highest BCUT2D eigenvalue weighted by Crippen LogP contribution is 2.52. The van der Waals surface area contributed by atoms with Crippen LogP contribution in [0.5, 0.6) is 11.5 Å². The molecule has 1 spiro atoms. The first-order valence-electron chi connectivity index (χ1n) is 8.53. The minimum absolute atomic E-state index is 0.0959. The summed E-state index contributed by atoms with van der Waals surface area (Å²) in [5.41, 5.74) is 6.49. The predicted octanol–water partition coefficient (Wildman–Crippen LogP) is 2.42. The predicted molar refractivity (Wildman–Crippen MR) is 99.1 cm³/mol. The van der Waals surface area contributed by atoms with Gasteiger partial charge in [0.1, 0.15) is 5.75 Å². The molecule has 0 saturated heterocycles. The summed E-state index contributed by atoms with van der Waals surface area (Å²) in [6.07, 6.45) is 4.48. The van der Waals surface area contributed by atoms with E-state index in [2.05, 4.69) is 15.0 Å². The molecule has 0 aliphatic carbocycles. The molecule has 5 rings (SSSR count). The van der Waals surface area contributed by atoms with Gasteiger partial charge in [-0.2, -0.15) is 4.39 Å². The average Bonchev–Trinajstić information content (AvgIpc) is 2.93. The fourth-order valence-corrected chi connectivity index (χ4v) is 3.69. The minimum atomic E-state index is -1.40. The van der Waals surface area contributed by atoms with Crippen LogP contribution in [-0.2, 0) is 10.3 Å². The SMILES string of the molecule is CN1C(=O)C2(N=C1N)c1ccncc1Oc1ccc(-c3cccnc3F)cc12. The van der Waals surface area contributed by atoms with Gasteiger partial charge in [0, 0.05) is 36.1 Å². The number of aliphatic imine (C=N–C) groups is 1. The summed E-state index contributed by atoms with van der Waals surface area (Å²) >= 11 is 0. The summed E-state index contributed by atoms with van der Waals surface area (Å²) in [6.45, 7) is 0. The van der Waals surface area contributed by atoms with E-state index in [9.17, 15) is 9.18 Å². The Kier molecular flexibility index (Phi) is 3.27. The van der Waals surface area contributed by atoms with E-state index >= 15 is 0 Å². The molecule has 7 nitrogen and oxygen atoms in total. The van der Waals surface area contributed by atoms with E-state index in [1.807, 2.05) is 0 Å². The van der Waals surface area contributed by atoms with Gasteiger partial charge in [-0.05, 0) is 35.9 Å². The van der Waals surface area contributed by atoms with Crippen molar-refractivity contribution < 1.29 is 13.9 Å². The van der Waals surface area contributed by atoms with Crippen LogP contribution < -0.4 is 10.5 Å². The molecule has 0 bridgehead atoms. The molecule has 8 heteroatoms. The number of ether oxygens (including phenoxy) is 1. The maximum Gasteiger partial charge on any atom is 0.266 e. The molecule has 1 atom stereocenters. The Morgan fingerprint density at radius 3 is 2.75 bits per heavy atom. The van der Waals surface area contributed by atoms with Crippen LogP contribution in [0.15, 0.2) is 60.0 Å². The van der Waals surface area contributed by atoms with E-state index < -0.39 is 11.5 Å². The molecule has 4 heterocycles. The zero-order valence-corrected chi connectivity index (χ0v) is 14.8. The lowest BCUT2D eigenvalue weighted by Gasteiger charge is -2.33. The van der Waals surface area contributed by atoms with Crippen LogP contribution in [0.1, 0.15) is 11.1 Å². The lowest BCUT2D eigenvalue weighted by Crippen LogP contribution is -2.42. The molecule has 1 aromatic carbocycles. The van der Waals surface area contributed by atoms with Gasteiger partial charge in [-0.3, -0.25) is 14.7 Å². The third-order valence-electron chi connectivity index (χ3n) is 5.07. The molecule has 138 valence electrons. The van der Waals surface area contributed by atoms with E-state index in [-0.39, 0.29) is 11.9 Å². The Labute approximate surface area is 159 Å². The van der Waals surface area contributed by atoms with Crippen molar-refractivity contribution in [3.63, 3.8) is 0 Å². The maximum atomic E-state index is 14.2. The van der Waals surface area contributed by atoms with Crippen molar-refractivity contribution in [2.45, 2.75) is 5.54 Å².